The Morgan fingerprint density at radius 2 is 1.27 bits per heavy atom. The first kappa shape index (κ1) is 18.4. The van der Waals surface area contributed by atoms with Gasteiger partial charge in [0, 0.05) is 0 Å². The van der Waals surface area contributed by atoms with E-state index in [-0.39, 0.29) is 12.2 Å². The summed E-state index contributed by atoms with van der Waals surface area (Å²) in [5.74, 6) is 0.386. The summed E-state index contributed by atoms with van der Waals surface area (Å²) in [5.41, 5.74) is 2.09. The average molecular weight is 373 g/mol. The van der Waals surface area contributed by atoms with Crippen molar-refractivity contribution in [2.24, 2.45) is 0 Å². The lowest BCUT2D eigenvalue weighted by molar-refractivity contribution is -0.313. The monoisotopic (exact) mass is 372 g/mol. The van der Waals surface area contributed by atoms with Crippen LogP contribution < -0.4 is 4.74 Å². The smallest absolute Gasteiger partial charge is 0.314 e. The van der Waals surface area contributed by atoms with Gasteiger partial charge in [-0.2, -0.15) is 0 Å². The largest absolute Gasteiger partial charge is 0.488 e. The van der Waals surface area contributed by atoms with Crippen molar-refractivity contribution in [3.8, 4) is 5.75 Å². The fourth-order valence-corrected chi connectivity index (χ4v) is 2.68. The van der Waals surface area contributed by atoms with Crippen LogP contribution in [0.1, 0.15) is 16.7 Å². The zero-order chi connectivity index (χ0) is 18.2. The van der Waals surface area contributed by atoms with E-state index >= 15 is 0 Å². The molecule has 0 bridgehead atoms. The average Bonchev–Trinajstić information content (AvgIpc) is 2.72. The van der Waals surface area contributed by atoms with Crippen molar-refractivity contribution < 1.29 is 18.9 Å². The molecule has 134 valence electrons. The molecule has 1 atom stereocenters. The van der Waals surface area contributed by atoms with Crippen molar-refractivity contribution in [1.82, 2.24) is 0 Å². The standard InChI is InChI=1S/C21H18ClFO3/c22-21(26-23,25-16-18-11-5-2-6-12-18)19-13-7-8-14-20(19)24-15-17-9-3-1-4-10-17/h1-14H,15-16H2. The van der Waals surface area contributed by atoms with Gasteiger partial charge in [-0.15, -0.1) is 4.94 Å². The molecule has 26 heavy (non-hydrogen) atoms. The number of benzene rings is 3. The van der Waals surface area contributed by atoms with Crippen molar-refractivity contribution >= 4 is 11.6 Å². The molecule has 0 spiro atoms. The fraction of sp³-hybridized carbons (Fsp3) is 0.143. The van der Waals surface area contributed by atoms with Crippen LogP contribution in [0.2, 0.25) is 0 Å². The van der Waals surface area contributed by atoms with E-state index in [2.05, 4.69) is 4.94 Å². The molecule has 3 aromatic carbocycles. The summed E-state index contributed by atoms with van der Waals surface area (Å²) in [4.78, 5) is 4.00. The van der Waals surface area contributed by atoms with Crippen LogP contribution in [0, 0.1) is 0 Å². The minimum Gasteiger partial charge on any atom is -0.488 e. The van der Waals surface area contributed by atoms with Gasteiger partial charge < -0.3 is 9.47 Å². The summed E-state index contributed by atoms with van der Waals surface area (Å²) >= 11 is 6.29. The molecule has 5 heteroatoms. The Labute approximate surface area is 156 Å². The Morgan fingerprint density at radius 3 is 1.88 bits per heavy atom. The van der Waals surface area contributed by atoms with E-state index in [9.17, 15) is 4.53 Å². The maximum Gasteiger partial charge on any atom is 0.314 e. The third-order valence-corrected chi connectivity index (χ3v) is 4.18. The number of alkyl halides is 1. The van der Waals surface area contributed by atoms with Crippen molar-refractivity contribution in [1.29, 1.82) is 0 Å². The van der Waals surface area contributed by atoms with Crippen LogP contribution in [0.15, 0.2) is 84.9 Å². The van der Waals surface area contributed by atoms with Crippen LogP contribution >= 0.6 is 11.6 Å². The predicted octanol–water partition coefficient (Wildman–Crippen LogP) is 5.73. The maximum absolute atomic E-state index is 13.4. The highest BCUT2D eigenvalue weighted by atomic mass is 35.5. The number of para-hydroxylation sites is 1. The van der Waals surface area contributed by atoms with Gasteiger partial charge in [-0.1, -0.05) is 72.8 Å². The topological polar surface area (TPSA) is 27.7 Å². The molecule has 0 amide bonds. The van der Waals surface area contributed by atoms with Gasteiger partial charge in [-0.05, 0) is 39.4 Å². The lowest BCUT2D eigenvalue weighted by Crippen LogP contribution is -2.24. The summed E-state index contributed by atoms with van der Waals surface area (Å²) in [6.07, 6.45) is 0. The van der Waals surface area contributed by atoms with Gasteiger partial charge in [0.25, 0.3) is 0 Å². The minimum absolute atomic E-state index is 0.0846. The summed E-state index contributed by atoms with van der Waals surface area (Å²) in [6.45, 7) is 0.400. The van der Waals surface area contributed by atoms with E-state index in [1.54, 1.807) is 24.3 Å². The second-order valence-electron chi connectivity index (χ2n) is 5.66. The molecule has 0 saturated carbocycles. The van der Waals surface area contributed by atoms with Gasteiger partial charge in [0.05, 0.1) is 12.2 Å². The van der Waals surface area contributed by atoms with Gasteiger partial charge in [-0.3, -0.25) is 0 Å². The molecule has 0 saturated heterocycles. The normalized spacial score (nSPS) is 13.2. The molecule has 0 aliphatic carbocycles. The van der Waals surface area contributed by atoms with Gasteiger partial charge in [-0.25, -0.2) is 0 Å². The van der Waals surface area contributed by atoms with Crippen molar-refractivity contribution in [2.75, 3.05) is 0 Å². The summed E-state index contributed by atoms with van der Waals surface area (Å²) in [5, 5.41) is -2.09. The van der Waals surface area contributed by atoms with Crippen LogP contribution in [0.5, 0.6) is 5.75 Å². The van der Waals surface area contributed by atoms with Gasteiger partial charge in [0.2, 0.25) is 0 Å². The summed E-state index contributed by atoms with van der Waals surface area (Å²) in [7, 11) is 0. The lowest BCUT2D eigenvalue weighted by Gasteiger charge is -2.25. The van der Waals surface area contributed by atoms with Gasteiger partial charge in [0.15, 0.2) is 0 Å². The molecule has 0 radical (unpaired) electrons. The quantitative estimate of drug-likeness (QED) is 0.373. The predicted molar refractivity (Wildman–Crippen MR) is 98.2 cm³/mol. The van der Waals surface area contributed by atoms with Crippen LogP contribution in [0.25, 0.3) is 0 Å². The van der Waals surface area contributed by atoms with E-state index < -0.39 is 5.25 Å². The molecule has 0 heterocycles. The Balaban J connectivity index is 1.77. The Kier molecular flexibility index (Phi) is 6.23. The SMILES string of the molecule is FOC(Cl)(OCc1ccccc1)c1ccccc1OCc1ccccc1. The van der Waals surface area contributed by atoms with E-state index in [1.165, 1.54) is 0 Å². The van der Waals surface area contributed by atoms with Gasteiger partial charge in [0.1, 0.15) is 12.4 Å². The summed E-state index contributed by atoms with van der Waals surface area (Å²) < 4.78 is 24.7. The van der Waals surface area contributed by atoms with E-state index in [0.29, 0.717) is 12.4 Å². The minimum atomic E-state index is -2.09. The molecule has 3 nitrogen and oxygen atoms in total. The molecule has 0 aliphatic heterocycles. The highest BCUT2D eigenvalue weighted by Gasteiger charge is 2.37. The molecule has 3 aromatic rings. The molecule has 0 N–H and O–H groups in total. The highest BCUT2D eigenvalue weighted by molar-refractivity contribution is 6.22. The third kappa shape index (κ3) is 4.61. The molecule has 0 aromatic heterocycles. The molecule has 0 fully saturated rings. The third-order valence-electron chi connectivity index (χ3n) is 3.81. The van der Waals surface area contributed by atoms with Crippen molar-refractivity contribution in [3.63, 3.8) is 0 Å². The van der Waals surface area contributed by atoms with Crippen LogP contribution in [0.3, 0.4) is 0 Å². The van der Waals surface area contributed by atoms with E-state index in [4.69, 9.17) is 21.1 Å². The first-order valence-electron chi connectivity index (χ1n) is 8.14. The second-order valence-corrected chi connectivity index (χ2v) is 6.16. The van der Waals surface area contributed by atoms with Gasteiger partial charge >= 0.3 is 5.25 Å². The molecule has 1 unspecified atom stereocenters. The van der Waals surface area contributed by atoms with Crippen LogP contribution in [0.4, 0.5) is 4.53 Å². The van der Waals surface area contributed by atoms with Crippen LogP contribution in [-0.2, 0) is 28.1 Å². The molecular formula is C21H18ClFO3. The zero-order valence-electron chi connectivity index (χ0n) is 14.0. The van der Waals surface area contributed by atoms with Crippen molar-refractivity contribution in [2.45, 2.75) is 18.5 Å². The number of ether oxygens (including phenoxy) is 2. The first-order valence-corrected chi connectivity index (χ1v) is 8.52. The Hall–Kier alpha value is -2.40. The molecular weight excluding hydrogens is 355 g/mol. The first-order chi connectivity index (χ1) is 12.7. The highest BCUT2D eigenvalue weighted by Crippen LogP contribution is 2.39. The second kappa shape index (κ2) is 8.81. The zero-order valence-corrected chi connectivity index (χ0v) is 14.7. The van der Waals surface area contributed by atoms with Crippen molar-refractivity contribution in [3.05, 3.63) is 102 Å². The number of hydrogen-bond donors (Lipinski definition) is 0. The fourth-order valence-electron chi connectivity index (χ4n) is 2.47. The maximum atomic E-state index is 13.4. The lowest BCUT2D eigenvalue weighted by atomic mass is 10.2. The van der Waals surface area contributed by atoms with E-state index in [1.807, 2.05) is 60.7 Å². The molecule has 0 aliphatic rings. The van der Waals surface area contributed by atoms with Crippen LogP contribution in [-0.4, -0.2) is 0 Å². The Morgan fingerprint density at radius 1 is 0.731 bits per heavy atom. The summed E-state index contributed by atoms with van der Waals surface area (Å²) in [6, 6.07) is 25.8. The number of rotatable bonds is 8. The number of hydrogen-bond acceptors (Lipinski definition) is 3. The Bertz CT molecular complexity index is 814. The van der Waals surface area contributed by atoms with E-state index in [0.717, 1.165) is 11.1 Å². The molecule has 3 rings (SSSR count). The number of halogens is 2.